The molecule has 1 aromatic carbocycles. The summed E-state index contributed by atoms with van der Waals surface area (Å²) in [5.74, 6) is 1.88. The van der Waals surface area contributed by atoms with E-state index < -0.39 is 0 Å². The first kappa shape index (κ1) is 20.1. The Morgan fingerprint density at radius 2 is 1.97 bits per heavy atom. The summed E-state index contributed by atoms with van der Waals surface area (Å²) in [6, 6.07) is 7.27. The average Bonchev–Trinajstić information content (AvgIpc) is 3.53. The van der Waals surface area contributed by atoms with Gasteiger partial charge < -0.3 is 19.1 Å². The minimum absolute atomic E-state index is 0.0121. The van der Waals surface area contributed by atoms with E-state index in [-0.39, 0.29) is 11.9 Å². The highest BCUT2D eigenvalue weighted by molar-refractivity contribution is 7.13. The number of hydrogen-bond acceptors (Lipinski definition) is 8. The van der Waals surface area contributed by atoms with Crippen molar-refractivity contribution in [3.8, 4) is 28.0 Å². The summed E-state index contributed by atoms with van der Waals surface area (Å²) < 4.78 is 16.1. The molecule has 10 heteroatoms. The number of thiophene rings is 1. The number of nitrogens with zero attached hydrogens (tertiary/aromatic N) is 5. The minimum atomic E-state index is -0.0876. The molecule has 1 saturated heterocycles. The van der Waals surface area contributed by atoms with Crippen molar-refractivity contribution < 1.29 is 19.0 Å². The van der Waals surface area contributed by atoms with Gasteiger partial charge in [0.2, 0.25) is 11.6 Å². The van der Waals surface area contributed by atoms with Crippen LogP contribution in [-0.2, 0) is 6.54 Å². The van der Waals surface area contributed by atoms with Gasteiger partial charge in [0.05, 0.1) is 38.8 Å². The predicted molar refractivity (Wildman–Crippen MR) is 111 cm³/mol. The number of benzene rings is 1. The van der Waals surface area contributed by atoms with E-state index in [1.807, 2.05) is 22.4 Å². The third kappa shape index (κ3) is 3.82. The summed E-state index contributed by atoms with van der Waals surface area (Å²) >= 11 is 1.57. The Labute approximate surface area is 178 Å². The Morgan fingerprint density at radius 3 is 2.60 bits per heavy atom. The molecule has 0 unspecified atom stereocenters. The van der Waals surface area contributed by atoms with Gasteiger partial charge in [-0.15, -0.1) is 21.5 Å². The number of amides is 1. The van der Waals surface area contributed by atoms with Gasteiger partial charge in [-0.05, 0) is 41.6 Å². The zero-order chi connectivity index (χ0) is 21.1. The van der Waals surface area contributed by atoms with Crippen molar-refractivity contribution >= 4 is 17.2 Å². The molecule has 1 aliphatic rings. The van der Waals surface area contributed by atoms with E-state index in [0.29, 0.717) is 41.7 Å². The molecule has 9 nitrogen and oxygen atoms in total. The molecule has 0 aliphatic carbocycles. The Hall–Kier alpha value is -3.14. The number of carbonyl (C=O) groups excluding carboxylic acids is 1. The fourth-order valence-electron chi connectivity index (χ4n) is 3.68. The maximum absolute atomic E-state index is 13.3. The summed E-state index contributed by atoms with van der Waals surface area (Å²) in [5, 5.41) is 14.7. The van der Waals surface area contributed by atoms with Crippen molar-refractivity contribution in [3.05, 3.63) is 35.2 Å². The molecule has 2 aromatic heterocycles. The predicted octanol–water partition coefficient (Wildman–Crippen LogP) is 2.73. The molecule has 1 amide bonds. The molecule has 4 rings (SSSR count). The van der Waals surface area contributed by atoms with Crippen LogP contribution < -0.4 is 14.2 Å². The number of aromatic nitrogens is 4. The van der Waals surface area contributed by atoms with Gasteiger partial charge in [0.15, 0.2) is 11.5 Å². The smallest absolute Gasteiger partial charge is 0.254 e. The van der Waals surface area contributed by atoms with Crippen molar-refractivity contribution in [3.63, 3.8) is 0 Å². The van der Waals surface area contributed by atoms with E-state index in [1.165, 1.54) is 21.3 Å². The summed E-state index contributed by atoms with van der Waals surface area (Å²) in [7, 11) is 4.60. The molecule has 1 fully saturated rings. The normalized spacial score (nSPS) is 16.0. The average molecular weight is 430 g/mol. The maximum Gasteiger partial charge on any atom is 0.254 e. The number of hydrogen-bond donors (Lipinski definition) is 0. The van der Waals surface area contributed by atoms with Crippen molar-refractivity contribution in [2.75, 3.05) is 27.9 Å². The van der Waals surface area contributed by atoms with Crippen LogP contribution in [0.1, 0.15) is 23.2 Å². The monoisotopic (exact) mass is 429 g/mol. The lowest BCUT2D eigenvalue weighted by atomic mass is 10.1. The number of carbonyl (C=O) groups is 1. The Balaban J connectivity index is 1.54. The first-order valence-electron chi connectivity index (χ1n) is 9.57. The second-order valence-electron chi connectivity index (χ2n) is 6.85. The minimum Gasteiger partial charge on any atom is -0.493 e. The lowest BCUT2D eigenvalue weighted by Gasteiger charge is -2.25. The van der Waals surface area contributed by atoms with Crippen molar-refractivity contribution in [1.29, 1.82) is 0 Å². The van der Waals surface area contributed by atoms with E-state index in [1.54, 1.807) is 28.3 Å². The fraction of sp³-hybridized carbons (Fsp3) is 0.400. The van der Waals surface area contributed by atoms with Crippen LogP contribution in [0.4, 0.5) is 0 Å². The molecule has 0 radical (unpaired) electrons. The largest absolute Gasteiger partial charge is 0.493 e. The summed E-state index contributed by atoms with van der Waals surface area (Å²) in [6.07, 6.45) is 1.80. The van der Waals surface area contributed by atoms with Crippen molar-refractivity contribution in [2.24, 2.45) is 0 Å². The fourth-order valence-corrected chi connectivity index (χ4v) is 4.32. The van der Waals surface area contributed by atoms with Gasteiger partial charge in [-0.25, -0.2) is 0 Å². The molecular weight excluding hydrogens is 406 g/mol. The van der Waals surface area contributed by atoms with Crippen LogP contribution in [-0.4, -0.2) is 64.9 Å². The molecule has 30 heavy (non-hydrogen) atoms. The number of likely N-dealkylation sites (tertiary alicyclic amines) is 1. The Morgan fingerprint density at radius 1 is 1.20 bits per heavy atom. The standard InChI is InChI=1S/C20H23N5O4S/c1-27-15-10-13(11-16(28-2)18(15)29-3)20(26)24-8-4-6-14(24)12-25-22-19(21-23-25)17-7-5-9-30-17/h5,7,9-11,14H,4,6,8,12H2,1-3H3/t14-/m1/s1. The van der Waals surface area contributed by atoms with Crippen molar-refractivity contribution in [1.82, 2.24) is 25.1 Å². The van der Waals surface area contributed by atoms with Gasteiger partial charge in [-0.1, -0.05) is 6.07 Å². The number of methoxy groups -OCH3 is 3. The van der Waals surface area contributed by atoms with Gasteiger partial charge >= 0.3 is 0 Å². The van der Waals surface area contributed by atoms with Gasteiger partial charge in [0.25, 0.3) is 5.91 Å². The molecule has 3 aromatic rings. The van der Waals surface area contributed by atoms with Crippen LogP contribution in [0.5, 0.6) is 17.2 Å². The molecule has 0 spiro atoms. The third-order valence-electron chi connectivity index (χ3n) is 5.12. The molecule has 0 saturated carbocycles. The topological polar surface area (TPSA) is 91.6 Å². The van der Waals surface area contributed by atoms with Crippen LogP contribution in [0.2, 0.25) is 0 Å². The second kappa shape index (κ2) is 8.70. The number of ether oxygens (including phenoxy) is 3. The van der Waals surface area contributed by atoms with Gasteiger partial charge in [0, 0.05) is 12.1 Å². The van der Waals surface area contributed by atoms with Crippen LogP contribution >= 0.6 is 11.3 Å². The zero-order valence-corrected chi connectivity index (χ0v) is 17.9. The van der Waals surface area contributed by atoms with E-state index in [0.717, 1.165) is 17.7 Å². The lowest BCUT2D eigenvalue weighted by Crippen LogP contribution is -2.38. The summed E-state index contributed by atoms with van der Waals surface area (Å²) in [6.45, 7) is 1.17. The molecule has 1 atom stereocenters. The number of rotatable bonds is 7. The molecule has 158 valence electrons. The van der Waals surface area contributed by atoms with E-state index in [4.69, 9.17) is 14.2 Å². The van der Waals surface area contributed by atoms with Crippen LogP contribution in [0.3, 0.4) is 0 Å². The van der Waals surface area contributed by atoms with Crippen LogP contribution in [0.15, 0.2) is 29.6 Å². The van der Waals surface area contributed by atoms with E-state index in [2.05, 4.69) is 15.4 Å². The first-order chi connectivity index (χ1) is 14.6. The van der Waals surface area contributed by atoms with Gasteiger partial charge in [-0.2, -0.15) is 4.80 Å². The highest BCUT2D eigenvalue weighted by Crippen LogP contribution is 2.39. The zero-order valence-electron chi connectivity index (χ0n) is 17.1. The molecule has 0 bridgehead atoms. The van der Waals surface area contributed by atoms with Crippen LogP contribution in [0.25, 0.3) is 10.7 Å². The van der Waals surface area contributed by atoms with Gasteiger partial charge in [0.1, 0.15) is 0 Å². The van der Waals surface area contributed by atoms with E-state index in [9.17, 15) is 4.79 Å². The Kier molecular flexibility index (Phi) is 5.84. The van der Waals surface area contributed by atoms with Crippen LogP contribution in [0, 0.1) is 0 Å². The van der Waals surface area contributed by atoms with Crippen molar-refractivity contribution in [2.45, 2.75) is 25.4 Å². The second-order valence-corrected chi connectivity index (χ2v) is 7.80. The molecule has 0 N–H and O–H groups in total. The quantitative estimate of drug-likeness (QED) is 0.570. The molecule has 3 heterocycles. The highest BCUT2D eigenvalue weighted by atomic mass is 32.1. The third-order valence-corrected chi connectivity index (χ3v) is 5.98. The first-order valence-corrected chi connectivity index (χ1v) is 10.4. The van der Waals surface area contributed by atoms with Gasteiger partial charge in [-0.3, -0.25) is 4.79 Å². The van der Waals surface area contributed by atoms with E-state index >= 15 is 0 Å². The maximum atomic E-state index is 13.3. The summed E-state index contributed by atoms with van der Waals surface area (Å²) in [5.41, 5.74) is 0.488. The highest BCUT2D eigenvalue weighted by Gasteiger charge is 2.31. The summed E-state index contributed by atoms with van der Waals surface area (Å²) in [4.78, 5) is 17.7. The Bertz CT molecular complexity index is 995. The lowest BCUT2D eigenvalue weighted by molar-refractivity contribution is 0.0717. The molecular formula is C20H23N5O4S. The molecule has 1 aliphatic heterocycles. The SMILES string of the molecule is COc1cc(C(=O)N2CCC[C@@H]2Cn2nnc(-c3cccs3)n2)cc(OC)c1OC. The number of tetrazole rings is 1.